The number of carbonyl (C=O) groups excluding carboxylic acids is 4. The second kappa shape index (κ2) is 17.8. The van der Waals surface area contributed by atoms with Crippen molar-refractivity contribution in [3.05, 3.63) is 61.2 Å². The first-order valence-corrected chi connectivity index (χ1v) is 19.7. The van der Waals surface area contributed by atoms with Crippen LogP contribution in [0.3, 0.4) is 0 Å². The zero-order valence-electron chi connectivity index (χ0n) is 30.8. The molecule has 52 heavy (non-hydrogen) atoms. The molecule has 2 N–H and O–H groups in total. The maximum absolute atomic E-state index is 15.0. The Kier molecular flexibility index (Phi) is 13.8. The third kappa shape index (κ3) is 8.05. The van der Waals surface area contributed by atoms with Crippen LogP contribution in [0.1, 0.15) is 83.3 Å². The molecule has 1 aromatic carbocycles. The molecule has 3 heterocycles. The summed E-state index contributed by atoms with van der Waals surface area (Å²) in [6, 6.07) is 6.69. The van der Waals surface area contributed by atoms with Crippen LogP contribution in [0.2, 0.25) is 0 Å². The van der Waals surface area contributed by atoms with Crippen LogP contribution >= 0.6 is 15.9 Å². The molecule has 0 radical (unpaired) electrons. The standard InChI is InChI=1S/C40H56BrN3O8/c1-6-8-19-31(46)42-30(24-50-5)34(26-15-11-9-12-16-26)51-39(49)32-33-37(47)44(28(23-45)21-25(3)4)36(40(33)22-29(41)35(32)52-40)38(48)43(20-7-2)27-17-13-10-14-18-27/h6-7,9,11-12,15-16,25,27-30,32-36,45H,1-2,8,10,13-14,17-24H2,3-5H3,(H,42,46)/t28-,29?,30+,32+,33-,34+,35+,36+,40-/m1/s1. The Bertz CT molecular complexity index is 1440. The molecule has 9 atom stereocenters. The Hall–Kier alpha value is -3.06. The number of amides is 3. The van der Waals surface area contributed by atoms with Crippen molar-refractivity contribution in [3.8, 4) is 0 Å². The highest BCUT2D eigenvalue weighted by atomic mass is 79.9. The molecule has 3 amide bonds. The number of allylic oxidation sites excluding steroid dienone is 1. The molecule has 11 nitrogen and oxygen atoms in total. The summed E-state index contributed by atoms with van der Waals surface area (Å²) in [5.74, 6) is -3.45. The number of fused-ring (bicyclic) bond motifs is 1. The highest BCUT2D eigenvalue weighted by molar-refractivity contribution is 9.09. The maximum atomic E-state index is 15.0. The molecule has 5 rings (SSSR count). The van der Waals surface area contributed by atoms with Crippen molar-refractivity contribution >= 4 is 39.6 Å². The number of benzene rings is 1. The lowest BCUT2D eigenvalue weighted by Crippen LogP contribution is -2.60. The summed E-state index contributed by atoms with van der Waals surface area (Å²) in [5.41, 5.74) is -0.671. The molecule has 4 aliphatic rings. The number of hydrogen-bond donors (Lipinski definition) is 2. The Morgan fingerprint density at radius 3 is 2.48 bits per heavy atom. The predicted molar refractivity (Wildman–Crippen MR) is 200 cm³/mol. The summed E-state index contributed by atoms with van der Waals surface area (Å²) >= 11 is 3.77. The molecule has 3 aliphatic heterocycles. The molecule has 1 saturated carbocycles. The molecule has 1 spiro atoms. The van der Waals surface area contributed by atoms with Gasteiger partial charge in [0.2, 0.25) is 17.7 Å². The number of alkyl halides is 1. The number of carbonyl (C=O) groups is 4. The van der Waals surface area contributed by atoms with Gasteiger partial charge in [-0.1, -0.05) is 91.5 Å². The summed E-state index contributed by atoms with van der Waals surface area (Å²) in [6.45, 7) is 11.7. The number of ether oxygens (including phenoxy) is 3. The minimum Gasteiger partial charge on any atom is -0.455 e. The van der Waals surface area contributed by atoms with E-state index in [1.165, 1.54) is 7.11 Å². The van der Waals surface area contributed by atoms with E-state index in [4.69, 9.17) is 14.2 Å². The van der Waals surface area contributed by atoms with Gasteiger partial charge in [-0.05, 0) is 43.6 Å². The van der Waals surface area contributed by atoms with Gasteiger partial charge in [-0.2, -0.15) is 0 Å². The first-order valence-electron chi connectivity index (χ1n) is 18.8. The van der Waals surface area contributed by atoms with Gasteiger partial charge < -0.3 is 34.4 Å². The molecule has 1 aliphatic carbocycles. The second-order valence-electron chi connectivity index (χ2n) is 15.2. The molecular formula is C40H56BrN3O8. The van der Waals surface area contributed by atoms with Gasteiger partial charge in [-0.15, -0.1) is 13.2 Å². The lowest BCUT2D eigenvalue weighted by atomic mass is 9.70. The third-order valence-corrected chi connectivity index (χ3v) is 12.1. The summed E-state index contributed by atoms with van der Waals surface area (Å²) in [4.78, 5) is 60.6. The van der Waals surface area contributed by atoms with Gasteiger partial charge in [0.1, 0.15) is 17.7 Å². The van der Waals surface area contributed by atoms with E-state index in [1.54, 1.807) is 17.1 Å². The van der Waals surface area contributed by atoms with Gasteiger partial charge in [0.05, 0.1) is 43.2 Å². The first-order chi connectivity index (χ1) is 25.0. The lowest BCUT2D eigenvalue weighted by Gasteiger charge is -2.42. The van der Waals surface area contributed by atoms with E-state index in [9.17, 15) is 19.5 Å². The molecule has 2 bridgehead atoms. The van der Waals surface area contributed by atoms with Crippen molar-refractivity contribution < 1.29 is 38.5 Å². The van der Waals surface area contributed by atoms with E-state index in [0.29, 0.717) is 31.4 Å². The average molecular weight is 787 g/mol. The number of methoxy groups -OCH3 is 1. The van der Waals surface area contributed by atoms with Crippen LogP contribution in [0.4, 0.5) is 0 Å². The lowest BCUT2D eigenvalue weighted by molar-refractivity contribution is -0.163. The summed E-state index contributed by atoms with van der Waals surface area (Å²) < 4.78 is 18.7. The molecule has 3 saturated heterocycles. The number of aliphatic hydroxyl groups is 1. The van der Waals surface area contributed by atoms with Crippen LogP contribution in [0.25, 0.3) is 0 Å². The van der Waals surface area contributed by atoms with Crippen molar-refractivity contribution in [2.24, 2.45) is 17.8 Å². The fraction of sp³-hybridized carbons (Fsp3) is 0.650. The zero-order chi connectivity index (χ0) is 37.6. The Morgan fingerprint density at radius 1 is 1.15 bits per heavy atom. The largest absolute Gasteiger partial charge is 0.455 e. The number of hydrogen-bond acceptors (Lipinski definition) is 8. The second-order valence-corrected chi connectivity index (χ2v) is 16.3. The quantitative estimate of drug-likeness (QED) is 0.122. The van der Waals surface area contributed by atoms with E-state index in [1.807, 2.05) is 49.1 Å². The summed E-state index contributed by atoms with van der Waals surface area (Å²) in [7, 11) is 1.51. The number of aliphatic hydroxyl groups excluding tert-OH is 1. The molecule has 1 unspecified atom stereocenters. The van der Waals surface area contributed by atoms with Crippen LogP contribution in [0, 0.1) is 17.8 Å². The Morgan fingerprint density at radius 2 is 1.87 bits per heavy atom. The summed E-state index contributed by atoms with van der Waals surface area (Å²) in [5, 5.41) is 13.7. The third-order valence-electron chi connectivity index (χ3n) is 11.2. The average Bonchev–Trinajstić information content (AvgIpc) is 3.74. The van der Waals surface area contributed by atoms with Crippen molar-refractivity contribution in [2.45, 2.75) is 118 Å². The Balaban J connectivity index is 1.54. The van der Waals surface area contributed by atoms with Crippen molar-refractivity contribution in [1.82, 2.24) is 15.1 Å². The predicted octanol–water partition coefficient (Wildman–Crippen LogP) is 4.87. The molecular weight excluding hydrogens is 730 g/mol. The number of rotatable bonds is 18. The minimum absolute atomic E-state index is 0.00509. The number of halogens is 1. The van der Waals surface area contributed by atoms with Crippen molar-refractivity contribution in [3.63, 3.8) is 0 Å². The van der Waals surface area contributed by atoms with Crippen LogP contribution in [0.5, 0.6) is 0 Å². The maximum Gasteiger partial charge on any atom is 0.313 e. The van der Waals surface area contributed by atoms with Crippen molar-refractivity contribution in [1.29, 1.82) is 0 Å². The SMILES string of the molecule is C=CCCC(=O)N[C@@H](COC)[C@@H](OC(=O)[C@@H]1[C@H]2O[C@@]3(CC2Br)[C@H](C(=O)N(CC=C)C2CCCCC2)N([C@@H](CO)CC(C)C)C(=O)[C@@H]13)c1ccccc1. The normalized spacial score (nSPS) is 28.6. The van der Waals surface area contributed by atoms with E-state index >= 15 is 4.79 Å². The Labute approximate surface area is 316 Å². The topological polar surface area (TPSA) is 135 Å². The van der Waals surface area contributed by atoms with E-state index in [-0.39, 0.29) is 54.1 Å². The first kappa shape index (κ1) is 40.1. The number of esters is 1. The molecule has 286 valence electrons. The molecule has 0 aromatic heterocycles. The van der Waals surface area contributed by atoms with E-state index in [2.05, 4.69) is 34.4 Å². The highest BCUT2D eigenvalue weighted by Gasteiger charge is 2.77. The van der Waals surface area contributed by atoms with Gasteiger partial charge in [-0.3, -0.25) is 19.2 Å². The van der Waals surface area contributed by atoms with Gasteiger partial charge in [0.25, 0.3) is 0 Å². The van der Waals surface area contributed by atoms with Crippen LogP contribution in [-0.4, -0.2) is 106 Å². The fourth-order valence-corrected chi connectivity index (χ4v) is 10.0. The number of nitrogens with one attached hydrogen (secondary N) is 1. The van der Waals surface area contributed by atoms with Gasteiger partial charge in [0.15, 0.2) is 0 Å². The molecule has 4 fully saturated rings. The minimum atomic E-state index is -1.32. The van der Waals surface area contributed by atoms with Gasteiger partial charge in [0, 0.05) is 30.9 Å². The van der Waals surface area contributed by atoms with Crippen LogP contribution in [0.15, 0.2) is 55.6 Å². The fourth-order valence-electron chi connectivity index (χ4n) is 9.06. The summed E-state index contributed by atoms with van der Waals surface area (Å²) in [6.07, 6.45) is 8.04. The van der Waals surface area contributed by atoms with Gasteiger partial charge in [-0.25, -0.2) is 0 Å². The van der Waals surface area contributed by atoms with Crippen LogP contribution in [-0.2, 0) is 33.4 Å². The monoisotopic (exact) mass is 785 g/mol. The smallest absolute Gasteiger partial charge is 0.313 e. The molecule has 1 aromatic rings. The van der Waals surface area contributed by atoms with E-state index in [0.717, 1.165) is 32.1 Å². The zero-order valence-corrected chi connectivity index (χ0v) is 32.4. The van der Waals surface area contributed by atoms with E-state index < -0.39 is 53.7 Å². The van der Waals surface area contributed by atoms with Crippen molar-refractivity contribution in [2.75, 3.05) is 26.9 Å². The van der Waals surface area contributed by atoms with Crippen LogP contribution < -0.4 is 5.32 Å². The number of nitrogens with zero attached hydrogens (tertiary/aromatic N) is 2. The van der Waals surface area contributed by atoms with Gasteiger partial charge >= 0.3 is 5.97 Å². The molecule has 12 heteroatoms. The number of likely N-dealkylation sites (tertiary alicyclic amines) is 1. The highest BCUT2D eigenvalue weighted by Crippen LogP contribution is 2.61.